The summed E-state index contributed by atoms with van der Waals surface area (Å²) in [6.45, 7) is 4.99. The molecule has 0 saturated carbocycles. The Kier molecular flexibility index (Phi) is 6.97. The van der Waals surface area contributed by atoms with Gasteiger partial charge in [0.15, 0.2) is 0 Å². The number of nitro benzene ring substituents is 1. The number of non-ortho nitro benzene ring substituents is 1. The van der Waals surface area contributed by atoms with Crippen LogP contribution in [-0.4, -0.2) is 71.1 Å². The number of ether oxygens (including phenoxy) is 1. The fourth-order valence-electron chi connectivity index (χ4n) is 4.02. The Hall–Kier alpha value is -4.06. The third-order valence-corrected chi connectivity index (χ3v) is 5.68. The molecule has 34 heavy (non-hydrogen) atoms. The van der Waals surface area contributed by atoms with Crippen molar-refractivity contribution in [1.82, 2.24) is 25.5 Å². The Morgan fingerprint density at radius 3 is 2.47 bits per heavy atom. The summed E-state index contributed by atoms with van der Waals surface area (Å²) in [4.78, 5) is 48.7. The first-order valence-corrected chi connectivity index (χ1v) is 10.9. The van der Waals surface area contributed by atoms with Crippen LogP contribution in [-0.2, 0) is 9.53 Å². The van der Waals surface area contributed by atoms with Crippen molar-refractivity contribution in [3.63, 3.8) is 0 Å². The molecule has 2 aliphatic heterocycles. The van der Waals surface area contributed by atoms with Crippen LogP contribution in [0, 0.1) is 10.1 Å². The van der Waals surface area contributed by atoms with E-state index >= 15 is 0 Å². The molecule has 0 aliphatic carbocycles. The van der Waals surface area contributed by atoms with Crippen molar-refractivity contribution >= 4 is 23.6 Å². The van der Waals surface area contributed by atoms with Gasteiger partial charge in [0.25, 0.3) is 5.69 Å². The summed E-state index contributed by atoms with van der Waals surface area (Å²) in [7, 11) is 0. The highest BCUT2D eigenvalue weighted by Gasteiger charge is 2.35. The lowest BCUT2D eigenvalue weighted by atomic mass is 9.94. The minimum absolute atomic E-state index is 0.0776. The molecule has 2 N–H and O–H groups in total. The maximum atomic E-state index is 12.9. The molecular weight excluding hydrogens is 442 g/mol. The van der Waals surface area contributed by atoms with Gasteiger partial charge >= 0.3 is 12.0 Å². The molecule has 2 amide bonds. The predicted molar refractivity (Wildman–Crippen MR) is 122 cm³/mol. The number of hydrogen-bond donors (Lipinski definition) is 2. The fourth-order valence-corrected chi connectivity index (χ4v) is 4.02. The molecule has 0 bridgehead atoms. The van der Waals surface area contributed by atoms with Gasteiger partial charge < -0.3 is 20.3 Å². The molecule has 1 saturated heterocycles. The van der Waals surface area contributed by atoms with E-state index in [1.165, 1.54) is 24.3 Å². The van der Waals surface area contributed by atoms with Crippen molar-refractivity contribution in [2.75, 3.05) is 44.2 Å². The Bertz CT molecular complexity index is 1080. The Labute approximate surface area is 195 Å². The lowest BCUT2D eigenvalue weighted by molar-refractivity contribution is -0.384. The summed E-state index contributed by atoms with van der Waals surface area (Å²) in [6.07, 6.45) is 3.40. The quantitative estimate of drug-likeness (QED) is 0.351. The number of urea groups is 1. The number of amides is 2. The molecule has 178 valence electrons. The number of nitrogens with one attached hydrogen (secondary N) is 2. The third kappa shape index (κ3) is 5.12. The SMILES string of the molecule is CCOC(=O)C1=C(CN2CCN(c3ncccn3)CC2)NC(=O)N[C@H]1c1ccc([N+](=O)[O-])cc1. The zero-order chi connectivity index (χ0) is 24.1. The summed E-state index contributed by atoms with van der Waals surface area (Å²) in [5.74, 6) is 0.117. The van der Waals surface area contributed by atoms with E-state index < -0.39 is 23.0 Å². The van der Waals surface area contributed by atoms with Crippen LogP contribution in [0.5, 0.6) is 0 Å². The number of carbonyl (C=O) groups excluding carboxylic acids is 2. The minimum Gasteiger partial charge on any atom is -0.463 e. The molecule has 0 unspecified atom stereocenters. The minimum atomic E-state index is -0.789. The van der Waals surface area contributed by atoms with Gasteiger partial charge in [0, 0.05) is 62.9 Å². The van der Waals surface area contributed by atoms with Gasteiger partial charge in [-0.1, -0.05) is 0 Å². The highest BCUT2D eigenvalue weighted by atomic mass is 16.6. The number of aromatic nitrogens is 2. The molecule has 1 aromatic heterocycles. The van der Waals surface area contributed by atoms with Crippen LogP contribution >= 0.6 is 0 Å². The summed E-state index contributed by atoms with van der Waals surface area (Å²) >= 11 is 0. The van der Waals surface area contributed by atoms with Gasteiger partial charge in [-0.25, -0.2) is 19.6 Å². The molecule has 0 spiro atoms. The van der Waals surface area contributed by atoms with Crippen LogP contribution in [0.25, 0.3) is 0 Å². The number of esters is 1. The molecule has 12 nitrogen and oxygen atoms in total. The van der Waals surface area contributed by atoms with Crippen LogP contribution in [0.15, 0.2) is 54.0 Å². The van der Waals surface area contributed by atoms with E-state index in [9.17, 15) is 19.7 Å². The van der Waals surface area contributed by atoms with Crippen LogP contribution in [0.4, 0.5) is 16.4 Å². The van der Waals surface area contributed by atoms with Gasteiger partial charge in [0.05, 0.1) is 23.1 Å². The van der Waals surface area contributed by atoms with Crippen molar-refractivity contribution in [2.45, 2.75) is 13.0 Å². The number of nitro groups is 1. The molecule has 1 fully saturated rings. The van der Waals surface area contributed by atoms with Gasteiger partial charge in [-0.3, -0.25) is 15.0 Å². The van der Waals surface area contributed by atoms with E-state index in [4.69, 9.17) is 4.74 Å². The summed E-state index contributed by atoms with van der Waals surface area (Å²) in [5.41, 5.74) is 1.21. The number of rotatable bonds is 7. The average Bonchev–Trinajstić information content (AvgIpc) is 2.85. The van der Waals surface area contributed by atoms with Crippen molar-refractivity contribution in [2.24, 2.45) is 0 Å². The predicted octanol–water partition coefficient (Wildman–Crippen LogP) is 1.38. The van der Waals surface area contributed by atoms with Crippen LogP contribution in [0.1, 0.15) is 18.5 Å². The topological polar surface area (TPSA) is 143 Å². The summed E-state index contributed by atoms with van der Waals surface area (Å²) < 4.78 is 5.28. The van der Waals surface area contributed by atoms with Crippen molar-refractivity contribution in [1.29, 1.82) is 0 Å². The number of piperazine rings is 1. The van der Waals surface area contributed by atoms with Crippen molar-refractivity contribution < 1.29 is 19.2 Å². The Balaban J connectivity index is 1.57. The van der Waals surface area contributed by atoms with Crippen molar-refractivity contribution in [3.05, 3.63) is 69.7 Å². The normalized spacial score (nSPS) is 18.8. The van der Waals surface area contributed by atoms with Gasteiger partial charge in [-0.2, -0.15) is 0 Å². The third-order valence-electron chi connectivity index (χ3n) is 5.68. The number of carbonyl (C=O) groups is 2. The van der Waals surface area contributed by atoms with Crippen LogP contribution < -0.4 is 15.5 Å². The number of benzene rings is 1. The summed E-state index contributed by atoms with van der Waals surface area (Å²) in [6, 6.07) is 6.27. The molecule has 12 heteroatoms. The Morgan fingerprint density at radius 2 is 1.85 bits per heavy atom. The molecular formula is C22H25N7O5. The van der Waals surface area contributed by atoms with Crippen LogP contribution in [0.2, 0.25) is 0 Å². The number of nitrogens with zero attached hydrogens (tertiary/aromatic N) is 5. The van der Waals surface area contributed by atoms with Gasteiger partial charge in [0.2, 0.25) is 5.95 Å². The second kappa shape index (κ2) is 10.3. The first-order chi connectivity index (χ1) is 16.5. The van der Waals surface area contributed by atoms with E-state index in [0.717, 1.165) is 0 Å². The van der Waals surface area contributed by atoms with E-state index in [0.29, 0.717) is 49.9 Å². The first kappa shape index (κ1) is 23.1. The molecule has 0 radical (unpaired) electrons. The van der Waals surface area contributed by atoms with E-state index in [2.05, 4.69) is 30.4 Å². The molecule has 4 rings (SSSR count). The maximum Gasteiger partial charge on any atom is 0.338 e. The van der Waals surface area contributed by atoms with Crippen molar-refractivity contribution in [3.8, 4) is 0 Å². The molecule has 2 aliphatic rings. The van der Waals surface area contributed by atoms with E-state index in [1.54, 1.807) is 25.4 Å². The van der Waals surface area contributed by atoms with Crippen LogP contribution in [0.3, 0.4) is 0 Å². The average molecular weight is 467 g/mol. The molecule has 2 aromatic rings. The second-order valence-corrected chi connectivity index (χ2v) is 7.80. The fraction of sp³-hybridized carbons (Fsp3) is 0.364. The lowest BCUT2D eigenvalue weighted by Gasteiger charge is -2.37. The van der Waals surface area contributed by atoms with E-state index in [-0.39, 0.29) is 17.9 Å². The van der Waals surface area contributed by atoms with E-state index in [1.807, 2.05) is 0 Å². The summed E-state index contributed by atoms with van der Waals surface area (Å²) in [5, 5.41) is 16.5. The monoisotopic (exact) mass is 467 g/mol. The number of hydrogen-bond acceptors (Lipinski definition) is 9. The smallest absolute Gasteiger partial charge is 0.338 e. The zero-order valence-corrected chi connectivity index (χ0v) is 18.6. The van der Waals surface area contributed by atoms with Gasteiger partial charge in [-0.15, -0.1) is 0 Å². The standard InChI is InChI=1S/C22H25N7O5/c1-2-34-20(30)18-17(14-27-10-12-28(13-11-27)21-23-8-3-9-24-21)25-22(31)26-19(18)15-4-6-16(7-5-15)29(32)33/h3-9,19H,2,10-14H2,1H3,(H2,25,26,31)/t19-/m0/s1. The number of anilines is 1. The highest BCUT2D eigenvalue weighted by molar-refractivity contribution is 5.95. The maximum absolute atomic E-state index is 12.9. The van der Waals surface area contributed by atoms with Gasteiger partial charge in [0.1, 0.15) is 0 Å². The lowest BCUT2D eigenvalue weighted by Crippen LogP contribution is -2.52. The zero-order valence-electron chi connectivity index (χ0n) is 18.6. The first-order valence-electron chi connectivity index (χ1n) is 10.9. The largest absolute Gasteiger partial charge is 0.463 e. The van der Waals surface area contributed by atoms with Gasteiger partial charge in [-0.05, 0) is 30.7 Å². The molecule has 1 atom stereocenters. The molecule has 1 aromatic carbocycles. The molecule has 3 heterocycles. The Morgan fingerprint density at radius 1 is 1.18 bits per heavy atom. The second-order valence-electron chi connectivity index (χ2n) is 7.80. The highest BCUT2D eigenvalue weighted by Crippen LogP contribution is 2.29.